The van der Waals surface area contributed by atoms with Gasteiger partial charge in [0.05, 0.1) is 0 Å². The third-order valence-electron chi connectivity index (χ3n) is 3.09. The average molecular weight is 345 g/mol. The highest BCUT2D eigenvalue weighted by atomic mass is 32.2. The Morgan fingerprint density at radius 3 is 2.43 bits per heavy atom. The van der Waals surface area contributed by atoms with Gasteiger partial charge in [0.15, 0.2) is 0 Å². The normalized spacial score (nSPS) is 16.5. The van der Waals surface area contributed by atoms with Crippen molar-refractivity contribution in [3.05, 3.63) is 12.2 Å². The smallest absolute Gasteiger partial charge is 0.326 e. The van der Waals surface area contributed by atoms with E-state index in [1.54, 1.807) is 0 Å². The molecule has 0 aromatic heterocycles. The van der Waals surface area contributed by atoms with Crippen LogP contribution in [0.4, 0.5) is 0 Å². The van der Waals surface area contributed by atoms with Gasteiger partial charge in [0, 0.05) is 30.1 Å². The predicted molar refractivity (Wildman–Crippen MR) is 81.3 cm³/mol. The van der Waals surface area contributed by atoms with Crippen LogP contribution in [0.25, 0.3) is 0 Å². The summed E-state index contributed by atoms with van der Waals surface area (Å²) in [6, 6.07) is -1.07. The Kier molecular flexibility index (Phi) is 7.72. The Balaban J connectivity index is 2.30. The SMILES string of the molecule is C[S+]([O-])NCC(=O)N[C@@H](CCCCN1C(=O)C=CC1=O)C(=O)O. The fourth-order valence-electron chi connectivity index (χ4n) is 1.94. The van der Waals surface area contributed by atoms with E-state index in [9.17, 15) is 23.7 Å². The second-order valence-corrected chi connectivity index (χ2v) is 6.09. The van der Waals surface area contributed by atoms with Crippen molar-refractivity contribution in [1.29, 1.82) is 0 Å². The van der Waals surface area contributed by atoms with Crippen molar-refractivity contribution in [3.63, 3.8) is 0 Å². The molecule has 3 N–H and O–H groups in total. The number of imide groups is 1. The van der Waals surface area contributed by atoms with Crippen molar-refractivity contribution in [3.8, 4) is 0 Å². The maximum atomic E-state index is 11.5. The van der Waals surface area contributed by atoms with Gasteiger partial charge >= 0.3 is 5.97 Å². The van der Waals surface area contributed by atoms with Crippen molar-refractivity contribution < 1.29 is 28.8 Å². The number of carbonyl (C=O) groups is 4. The van der Waals surface area contributed by atoms with Crippen LogP contribution in [0.3, 0.4) is 0 Å². The minimum absolute atomic E-state index is 0.167. The highest BCUT2D eigenvalue weighted by Gasteiger charge is 2.23. The first-order valence-electron chi connectivity index (χ1n) is 6.94. The molecule has 9 nitrogen and oxygen atoms in total. The number of carboxylic acid groups (broad SMARTS) is 1. The Bertz CT molecular complexity index is 490. The molecule has 0 radical (unpaired) electrons. The third-order valence-corrected chi connectivity index (χ3v) is 3.65. The number of rotatable bonds is 10. The van der Waals surface area contributed by atoms with Gasteiger partial charge < -0.3 is 15.0 Å². The van der Waals surface area contributed by atoms with Crippen molar-refractivity contribution in [2.45, 2.75) is 25.3 Å². The van der Waals surface area contributed by atoms with Crippen LogP contribution in [-0.2, 0) is 30.5 Å². The van der Waals surface area contributed by atoms with Gasteiger partial charge in [-0.15, -0.1) is 4.72 Å². The number of hydrogen-bond donors (Lipinski definition) is 3. The molecule has 0 saturated heterocycles. The topological polar surface area (TPSA) is 139 Å². The van der Waals surface area contributed by atoms with Crippen molar-refractivity contribution in [1.82, 2.24) is 14.9 Å². The van der Waals surface area contributed by atoms with Gasteiger partial charge in [-0.3, -0.25) is 19.3 Å². The first-order chi connectivity index (χ1) is 10.8. The Hall–Kier alpha value is -1.91. The Morgan fingerprint density at radius 2 is 1.91 bits per heavy atom. The maximum Gasteiger partial charge on any atom is 0.326 e. The molecule has 0 aromatic rings. The Labute approximate surface area is 136 Å². The minimum Gasteiger partial charge on any atom is -0.598 e. The largest absolute Gasteiger partial charge is 0.598 e. The van der Waals surface area contributed by atoms with Gasteiger partial charge in [-0.25, -0.2) is 4.79 Å². The molecule has 1 aliphatic heterocycles. The molecule has 1 unspecified atom stereocenters. The molecule has 23 heavy (non-hydrogen) atoms. The summed E-state index contributed by atoms with van der Waals surface area (Å²) in [5.41, 5.74) is 0. The highest BCUT2D eigenvalue weighted by molar-refractivity contribution is 7.88. The van der Waals surface area contributed by atoms with E-state index in [1.165, 1.54) is 18.4 Å². The summed E-state index contributed by atoms with van der Waals surface area (Å²) >= 11 is -1.36. The molecule has 1 rings (SSSR count). The lowest BCUT2D eigenvalue weighted by Crippen LogP contribution is -2.45. The number of hydrogen-bond acceptors (Lipinski definition) is 6. The lowest BCUT2D eigenvalue weighted by molar-refractivity contribution is -0.142. The second-order valence-electron chi connectivity index (χ2n) is 4.89. The van der Waals surface area contributed by atoms with E-state index in [4.69, 9.17) is 5.11 Å². The summed E-state index contributed by atoms with van der Waals surface area (Å²) in [6.07, 6.45) is 4.76. The number of carboxylic acids is 1. The molecule has 128 valence electrons. The van der Waals surface area contributed by atoms with E-state index >= 15 is 0 Å². The van der Waals surface area contributed by atoms with E-state index in [1.807, 2.05) is 0 Å². The molecule has 0 aromatic carbocycles. The number of nitrogens with one attached hydrogen (secondary N) is 2. The number of aliphatic carboxylic acids is 1. The summed E-state index contributed by atoms with van der Waals surface area (Å²) in [6.45, 7) is -0.0311. The molecular formula is C13H19N3O6S. The average Bonchev–Trinajstić information content (AvgIpc) is 2.79. The summed E-state index contributed by atoms with van der Waals surface area (Å²) in [5.74, 6) is -2.50. The van der Waals surface area contributed by atoms with Crippen LogP contribution >= 0.6 is 0 Å². The number of unbranched alkanes of at least 4 members (excludes halogenated alkanes) is 1. The summed E-state index contributed by atoms with van der Waals surface area (Å²) in [4.78, 5) is 46.4. The minimum atomic E-state index is -1.36. The maximum absolute atomic E-state index is 11.5. The number of amides is 3. The van der Waals surface area contributed by atoms with Crippen molar-refractivity contribution >= 4 is 35.1 Å². The fraction of sp³-hybridized carbons (Fsp3) is 0.538. The van der Waals surface area contributed by atoms with Gasteiger partial charge in [0.1, 0.15) is 18.8 Å². The zero-order chi connectivity index (χ0) is 17.4. The molecule has 2 atom stereocenters. The van der Waals surface area contributed by atoms with Gasteiger partial charge in [-0.2, -0.15) is 0 Å². The molecule has 0 fully saturated rings. The van der Waals surface area contributed by atoms with Gasteiger partial charge in [0.25, 0.3) is 11.8 Å². The Morgan fingerprint density at radius 1 is 1.30 bits per heavy atom. The lowest BCUT2D eigenvalue weighted by atomic mass is 10.1. The fourth-order valence-corrected chi connectivity index (χ4v) is 2.27. The highest BCUT2D eigenvalue weighted by Crippen LogP contribution is 2.08. The van der Waals surface area contributed by atoms with Crippen LogP contribution in [0, 0.1) is 0 Å². The summed E-state index contributed by atoms with van der Waals surface area (Å²) < 4.78 is 13.2. The van der Waals surface area contributed by atoms with Crippen LogP contribution in [0.15, 0.2) is 12.2 Å². The summed E-state index contributed by atoms with van der Waals surface area (Å²) in [5, 5.41) is 11.4. The number of carbonyl (C=O) groups excluding carboxylic acids is 3. The molecule has 0 bridgehead atoms. The van der Waals surface area contributed by atoms with Gasteiger partial charge in [-0.1, -0.05) is 0 Å². The van der Waals surface area contributed by atoms with Crippen LogP contribution < -0.4 is 10.0 Å². The van der Waals surface area contributed by atoms with E-state index in [0.29, 0.717) is 12.8 Å². The summed E-state index contributed by atoms with van der Waals surface area (Å²) in [7, 11) is 0. The van der Waals surface area contributed by atoms with Crippen LogP contribution in [0.5, 0.6) is 0 Å². The van der Waals surface area contributed by atoms with Crippen molar-refractivity contribution in [2.75, 3.05) is 19.3 Å². The quantitative estimate of drug-likeness (QED) is 0.250. The van der Waals surface area contributed by atoms with Gasteiger partial charge in [0.2, 0.25) is 5.91 Å². The zero-order valence-corrected chi connectivity index (χ0v) is 13.4. The molecule has 3 amide bonds. The molecule has 0 aliphatic carbocycles. The molecule has 1 heterocycles. The standard InChI is InChI=1S/C13H19N3O6S/c1-23(22)14-8-10(17)15-9(13(20)21)4-2-3-7-16-11(18)5-6-12(16)19/h5-6,9,14H,2-4,7-8H2,1H3,(H,15,17)(H,20,21)/t9-,23?/m0/s1. The second kappa shape index (κ2) is 9.28. The first kappa shape index (κ1) is 19.1. The first-order valence-corrected chi connectivity index (χ1v) is 8.49. The zero-order valence-electron chi connectivity index (χ0n) is 12.6. The molecular weight excluding hydrogens is 326 g/mol. The monoisotopic (exact) mass is 345 g/mol. The predicted octanol–water partition coefficient (Wildman–Crippen LogP) is -1.47. The molecule has 0 spiro atoms. The van der Waals surface area contributed by atoms with E-state index < -0.39 is 29.3 Å². The van der Waals surface area contributed by atoms with Gasteiger partial charge in [-0.05, 0) is 19.3 Å². The molecule has 0 saturated carbocycles. The van der Waals surface area contributed by atoms with E-state index in [0.717, 1.165) is 4.90 Å². The van der Waals surface area contributed by atoms with Crippen LogP contribution in [0.1, 0.15) is 19.3 Å². The van der Waals surface area contributed by atoms with Crippen molar-refractivity contribution in [2.24, 2.45) is 0 Å². The van der Waals surface area contributed by atoms with E-state index in [2.05, 4.69) is 10.0 Å². The van der Waals surface area contributed by atoms with Crippen LogP contribution in [-0.4, -0.2) is 63.6 Å². The third kappa shape index (κ3) is 6.80. The molecule has 1 aliphatic rings. The molecule has 10 heteroatoms. The van der Waals surface area contributed by atoms with Crippen LogP contribution in [0.2, 0.25) is 0 Å². The number of nitrogens with zero attached hydrogens (tertiary/aromatic N) is 1. The van der Waals surface area contributed by atoms with E-state index in [-0.39, 0.29) is 31.3 Å². The lowest BCUT2D eigenvalue weighted by Gasteiger charge is -2.16.